The molecule has 8 heteroatoms. The number of hydrogen-bond donors (Lipinski definition) is 2. The molecule has 0 unspecified atom stereocenters. The summed E-state index contributed by atoms with van der Waals surface area (Å²) in [6.45, 7) is 0.542. The third-order valence-corrected chi connectivity index (χ3v) is 4.84. The molecular weight excluding hydrogens is 293 g/mol. The van der Waals surface area contributed by atoms with Gasteiger partial charge in [0.15, 0.2) is 0 Å². The fourth-order valence-electron chi connectivity index (χ4n) is 1.72. The van der Waals surface area contributed by atoms with Gasteiger partial charge in [-0.3, -0.25) is 4.78 Å². The molecule has 1 aliphatic heterocycles. The van der Waals surface area contributed by atoms with Crippen LogP contribution in [-0.4, -0.2) is 39.7 Å². The van der Waals surface area contributed by atoms with E-state index < -0.39 is 15.5 Å². The van der Waals surface area contributed by atoms with E-state index in [9.17, 15) is 13.4 Å². The maximum atomic E-state index is 12.9. The van der Waals surface area contributed by atoms with Crippen molar-refractivity contribution in [3.8, 4) is 0 Å². The smallest absolute Gasteiger partial charge is 0.321 e. The monoisotopic (exact) mass is 305 g/mol. The minimum Gasteiger partial charge on any atom is -0.323 e. The Morgan fingerprint density at radius 3 is 2.63 bits per heavy atom. The summed E-state index contributed by atoms with van der Waals surface area (Å²) in [4.78, 5) is 13.4. The van der Waals surface area contributed by atoms with E-state index in [1.165, 1.54) is 17.0 Å². The lowest BCUT2D eigenvalue weighted by molar-refractivity contribution is 0.216. The number of urea groups is 1. The van der Waals surface area contributed by atoms with Crippen LogP contribution in [0, 0.1) is 10.6 Å². The summed E-state index contributed by atoms with van der Waals surface area (Å²) in [5.74, 6) is -0.121. The highest BCUT2D eigenvalue weighted by Gasteiger charge is 2.23. The number of amides is 2. The molecule has 104 valence electrons. The maximum absolute atomic E-state index is 12.9. The highest BCUT2D eigenvalue weighted by atomic mass is 35.5. The number of benzene rings is 1. The van der Waals surface area contributed by atoms with Crippen molar-refractivity contribution in [1.82, 2.24) is 4.90 Å². The molecule has 1 aromatic rings. The molecule has 5 nitrogen and oxygen atoms in total. The second-order valence-corrected chi connectivity index (χ2v) is 7.11. The van der Waals surface area contributed by atoms with E-state index in [0.717, 1.165) is 6.07 Å². The summed E-state index contributed by atoms with van der Waals surface area (Å²) in [5.41, 5.74) is 0.324. The molecule has 1 aromatic carbocycles. The Morgan fingerprint density at radius 1 is 1.42 bits per heavy atom. The lowest BCUT2D eigenvalue weighted by Crippen LogP contribution is -2.45. The van der Waals surface area contributed by atoms with E-state index in [1.807, 2.05) is 0 Å². The van der Waals surface area contributed by atoms with Crippen molar-refractivity contribution in [2.45, 2.75) is 0 Å². The van der Waals surface area contributed by atoms with Gasteiger partial charge in [-0.25, -0.2) is 13.4 Å². The first kappa shape index (κ1) is 14.1. The Labute approximate surface area is 115 Å². The van der Waals surface area contributed by atoms with E-state index in [1.54, 1.807) is 0 Å². The molecule has 1 aliphatic rings. The van der Waals surface area contributed by atoms with Crippen LogP contribution in [0.3, 0.4) is 0 Å². The van der Waals surface area contributed by atoms with Crippen LogP contribution in [0.1, 0.15) is 0 Å². The maximum Gasteiger partial charge on any atom is 0.321 e. The van der Waals surface area contributed by atoms with Crippen LogP contribution in [-0.2, 0) is 9.73 Å². The number of nitrogens with one attached hydrogen (secondary N) is 2. The van der Waals surface area contributed by atoms with Crippen LogP contribution >= 0.6 is 11.6 Å². The average molecular weight is 306 g/mol. The number of anilines is 1. The first-order valence-electron chi connectivity index (χ1n) is 5.62. The Kier molecular flexibility index (Phi) is 3.96. The Hall–Kier alpha value is -1.34. The van der Waals surface area contributed by atoms with Crippen molar-refractivity contribution in [2.75, 3.05) is 29.9 Å². The van der Waals surface area contributed by atoms with Gasteiger partial charge in [-0.1, -0.05) is 11.6 Å². The van der Waals surface area contributed by atoms with Crippen LogP contribution in [0.15, 0.2) is 18.2 Å². The van der Waals surface area contributed by atoms with Crippen LogP contribution < -0.4 is 5.32 Å². The van der Waals surface area contributed by atoms with E-state index in [2.05, 4.69) is 5.32 Å². The minimum atomic E-state index is -2.53. The zero-order valence-corrected chi connectivity index (χ0v) is 11.6. The standard InChI is InChI=1S/C11H13ClFN3O2S/c12-9-7-8(13)1-2-10(9)15-11(17)16-3-5-19(14,18)6-4-16/h1-2,7,14H,3-6H2,(H,15,17). The number of carbonyl (C=O) groups is 1. The third kappa shape index (κ3) is 3.57. The number of carbonyl (C=O) groups excluding carboxylic acids is 1. The van der Waals surface area contributed by atoms with Gasteiger partial charge in [-0.05, 0) is 18.2 Å². The summed E-state index contributed by atoms with van der Waals surface area (Å²) >= 11 is 5.81. The Morgan fingerprint density at radius 2 is 2.05 bits per heavy atom. The van der Waals surface area contributed by atoms with Crippen molar-refractivity contribution in [3.63, 3.8) is 0 Å². The number of nitrogens with zero attached hydrogens (tertiary/aromatic N) is 1. The highest BCUT2D eigenvalue weighted by molar-refractivity contribution is 7.92. The summed E-state index contributed by atoms with van der Waals surface area (Å²) < 4.78 is 31.8. The van der Waals surface area contributed by atoms with Crippen LogP contribution in [0.5, 0.6) is 0 Å². The molecule has 1 saturated heterocycles. The highest BCUT2D eigenvalue weighted by Crippen LogP contribution is 2.22. The summed E-state index contributed by atoms with van der Waals surface area (Å²) in [5, 5.41) is 2.69. The zero-order chi connectivity index (χ0) is 14.0. The molecule has 2 N–H and O–H groups in total. The zero-order valence-electron chi connectivity index (χ0n) is 9.99. The van der Waals surface area contributed by atoms with Crippen molar-refractivity contribution in [1.29, 1.82) is 4.78 Å². The fraction of sp³-hybridized carbons (Fsp3) is 0.364. The molecule has 0 radical (unpaired) electrons. The molecule has 0 aromatic heterocycles. The summed E-state index contributed by atoms with van der Waals surface area (Å²) in [6.07, 6.45) is 0. The van der Waals surface area contributed by atoms with Gasteiger partial charge in [0.25, 0.3) is 0 Å². The van der Waals surface area contributed by atoms with Gasteiger partial charge in [0.2, 0.25) is 0 Å². The SMILES string of the molecule is N=S1(=O)CCN(C(=O)Nc2ccc(F)cc2Cl)CC1. The van der Waals surface area contributed by atoms with Crippen LogP contribution in [0.2, 0.25) is 5.02 Å². The van der Waals surface area contributed by atoms with Gasteiger partial charge in [0.1, 0.15) is 5.82 Å². The van der Waals surface area contributed by atoms with E-state index >= 15 is 0 Å². The molecular formula is C11H13ClFN3O2S. The number of rotatable bonds is 1. The first-order chi connectivity index (χ1) is 8.87. The largest absolute Gasteiger partial charge is 0.323 e. The molecule has 0 spiro atoms. The van der Waals surface area contributed by atoms with E-state index in [-0.39, 0.29) is 35.6 Å². The number of halogens is 2. The lowest BCUT2D eigenvalue weighted by atomic mass is 10.3. The minimum absolute atomic E-state index is 0.120. The van der Waals surface area contributed by atoms with Gasteiger partial charge in [-0.15, -0.1) is 0 Å². The molecule has 0 bridgehead atoms. The summed E-state index contributed by atoms with van der Waals surface area (Å²) in [6, 6.07) is 3.31. The molecule has 0 atom stereocenters. The van der Waals surface area contributed by atoms with Crippen LogP contribution in [0.25, 0.3) is 0 Å². The Bertz CT molecular complexity index is 592. The van der Waals surface area contributed by atoms with Gasteiger partial charge in [0.05, 0.1) is 10.7 Å². The third-order valence-electron chi connectivity index (χ3n) is 2.84. The topological polar surface area (TPSA) is 73.3 Å². The van der Waals surface area contributed by atoms with E-state index in [4.69, 9.17) is 16.4 Å². The van der Waals surface area contributed by atoms with Crippen molar-refractivity contribution in [2.24, 2.45) is 0 Å². The van der Waals surface area contributed by atoms with E-state index in [0.29, 0.717) is 5.69 Å². The average Bonchev–Trinajstić information content (AvgIpc) is 2.32. The predicted molar refractivity (Wildman–Crippen MR) is 72.6 cm³/mol. The van der Waals surface area contributed by atoms with Gasteiger partial charge in [-0.2, -0.15) is 0 Å². The fourth-order valence-corrected chi connectivity index (χ4v) is 3.17. The molecule has 19 heavy (non-hydrogen) atoms. The molecule has 1 heterocycles. The second-order valence-electron chi connectivity index (χ2n) is 4.26. The molecule has 2 amide bonds. The molecule has 1 fully saturated rings. The predicted octanol–water partition coefficient (Wildman–Crippen LogP) is 2.37. The van der Waals surface area contributed by atoms with Gasteiger partial charge < -0.3 is 10.2 Å². The molecule has 0 aliphatic carbocycles. The van der Waals surface area contributed by atoms with Gasteiger partial charge >= 0.3 is 6.03 Å². The quantitative estimate of drug-likeness (QED) is 0.836. The van der Waals surface area contributed by atoms with Crippen LogP contribution in [0.4, 0.5) is 14.9 Å². The van der Waals surface area contributed by atoms with Crippen molar-refractivity contribution in [3.05, 3.63) is 29.0 Å². The van der Waals surface area contributed by atoms with Crippen molar-refractivity contribution < 1.29 is 13.4 Å². The van der Waals surface area contributed by atoms with Crippen molar-refractivity contribution >= 4 is 33.0 Å². The summed E-state index contributed by atoms with van der Waals surface area (Å²) in [7, 11) is -2.53. The lowest BCUT2D eigenvalue weighted by Gasteiger charge is -2.28. The Balaban J connectivity index is 2.02. The van der Waals surface area contributed by atoms with Gasteiger partial charge in [0, 0.05) is 34.3 Å². The molecule has 0 saturated carbocycles. The molecule has 2 rings (SSSR count). The number of hydrogen-bond acceptors (Lipinski definition) is 3. The first-order valence-corrected chi connectivity index (χ1v) is 7.90. The second kappa shape index (κ2) is 5.34. The normalized spacial score (nSPS) is 18.1.